The number of aliphatic hydroxyl groups is 2. The van der Waals surface area contributed by atoms with Crippen LogP contribution >= 0.6 is 0 Å². The highest BCUT2D eigenvalue weighted by atomic mass is 16.7. The van der Waals surface area contributed by atoms with Crippen LogP contribution in [0.15, 0.2) is 54.6 Å². The lowest BCUT2D eigenvalue weighted by molar-refractivity contribution is -0.307. The molecule has 31 heavy (non-hydrogen) atoms. The number of rotatable bonds is 9. The standard InChI is InChI=1S/C23H28O8/c1-15(24)28-14-19-20(25)21(29-12-16-6-4-3-5-7-16)22(23(26)31-19)30-13-17-8-10-18(27-2)11-9-17/h3-11,19-23,25-26H,12-14H2,1-2H3/t19-,20+,21+,22-,23-/m0/s1. The summed E-state index contributed by atoms with van der Waals surface area (Å²) in [6.07, 6.45) is -5.34. The van der Waals surface area contributed by atoms with Crippen LogP contribution in [0.5, 0.6) is 5.75 Å². The quantitative estimate of drug-likeness (QED) is 0.579. The minimum Gasteiger partial charge on any atom is -0.497 e. The molecular formula is C23H28O8. The normalized spacial score (nSPS) is 25.7. The third-order valence-corrected chi connectivity index (χ3v) is 4.97. The lowest BCUT2D eigenvalue weighted by Crippen LogP contribution is -2.60. The molecular weight excluding hydrogens is 404 g/mol. The van der Waals surface area contributed by atoms with Crippen LogP contribution in [-0.2, 0) is 37.0 Å². The van der Waals surface area contributed by atoms with E-state index in [9.17, 15) is 15.0 Å². The van der Waals surface area contributed by atoms with E-state index in [1.807, 2.05) is 42.5 Å². The van der Waals surface area contributed by atoms with Gasteiger partial charge in [-0.3, -0.25) is 4.79 Å². The first-order valence-corrected chi connectivity index (χ1v) is 10.0. The van der Waals surface area contributed by atoms with Crippen LogP contribution in [0.25, 0.3) is 0 Å². The number of carbonyl (C=O) groups is 1. The van der Waals surface area contributed by atoms with Crippen molar-refractivity contribution in [3.63, 3.8) is 0 Å². The number of ether oxygens (including phenoxy) is 5. The van der Waals surface area contributed by atoms with Gasteiger partial charge in [0.05, 0.1) is 20.3 Å². The van der Waals surface area contributed by atoms with Crippen molar-refractivity contribution in [2.45, 2.75) is 50.8 Å². The van der Waals surface area contributed by atoms with E-state index in [0.717, 1.165) is 16.9 Å². The van der Waals surface area contributed by atoms with E-state index in [2.05, 4.69) is 0 Å². The van der Waals surface area contributed by atoms with Gasteiger partial charge in [-0.25, -0.2) is 0 Å². The highest BCUT2D eigenvalue weighted by Crippen LogP contribution is 2.27. The zero-order valence-corrected chi connectivity index (χ0v) is 17.5. The smallest absolute Gasteiger partial charge is 0.302 e. The summed E-state index contributed by atoms with van der Waals surface area (Å²) < 4.78 is 27.4. The highest BCUT2D eigenvalue weighted by Gasteiger charge is 2.46. The maximum absolute atomic E-state index is 11.1. The topological polar surface area (TPSA) is 104 Å². The summed E-state index contributed by atoms with van der Waals surface area (Å²) in [6, 6.07) is 16.7. The molecule has 0 aromatic heterocycles. The van der Waals surface area contributed by atoms with Crippen LogP contribution in [-0.4, -0.2) is 60.6 Å². The Labute approximate surface area is 181 Å². The first-order chi connectivity index (χ1) is 15.0. The van der Waals surface area contributed by atoms with Crippen molar-refractivity contribution in [2.75, 3.05) is 13.7 Å². The lowest BCUT2D eigenvalue weighted by Gasteiger charge is -2.42. The zero-order valence-electron chi connectivity index (χ0n) is 17.5. The van der Waals surface area contributed by atoms with E-state index in [4.69, 9.17) is 23.7 Å². The van der Waals surface area contributed by atoms with Crippen molar-refractivity contribution < 1.29 is 38.7 Å². The number of hydrogen-bond donors (Lipinski definition) is 2. The summed E-state index contributed by atoms with van der Waals surface area (Å²) in [5.74, 6) is 0.211. The van der Waals surface area contributed by atoms with E-state index >= 15 is 0 Å². The minimum absolute atomic E-state index is 0.168. The highest BCUT2D eigenvalue weighted by molar-refractivity contribution is 5.65. The molecule has 0 aliphatic carbocycles. The van der Waals surface area contributed by atoms with Gasteiger partial charge in [0.15, 0.2) is 6.29 Å². The summed E-state index contributed by atoms with van der Waals surface area (Å²) in [6.45, 7) is 1.43. The Morgan fingerprint density at radius 3 is 2.16 bits per heavy atom. The van der Waals surface area contributed by atoms with E-state index in [-0.39, 0.29) is 19.8 Å². The minimum atomic E-state index is -1.37. The molecule has 3 rings (SSSR count). The molecule has 2 aromatic rings. The predicted octanol–water partition coefficient (Wildman–Crippen LogP) is 1.81. The summed E-state index contributed by atoms with van der Waals surface area (Å²) >= 11 is 0. The van der Waals surface area contributed by atoms with Crippen molar-refractivity contribution >= 4 is 5.97 Å². The molecule has 8 heteroatoms. The average molecular weight is 432 g/mol. The molecule has 2 aromatic carbocycles. The van der Waals surface area contributed by atoms with Crippen molar-refractivity contribution in [1.29, 1.82) is 0 Å². The molecule has 168 valence electrons. The van der Waals surface area contributed by atoms with Crippen LogP contribution in [0, 0.1) is 0 Å². The maximum Gasteiger partial charge on any atom is 0.302 e. The molecule has 2 N–H and O–H groups in total. The average Bonchev–Trinajstić information content (AvgIpc) is 2.78. The van der Waals surface area contributed by atoms with E-state index in [0.29, 0.717) is 0 Å². The fourth-order valence-corrected chi connectivity index (χ4v) is 3.29. The molecule has 8 nitrogen and oxygen atoms in total. The van der Waals surface area contributed by atoms with Crippen molar-refractivity contribution in [3.8, 4) is 5.75 Å². The third-order valence-electron chi connectivity index (χ3n) is 4.97. The van der Waals surface area contributed by atoms with Crippen LogP contribution in [0.1, 0.15) is 18.1 Å². The Balaban J connectivity index is 1.70. The third kappa shape index (κ3) is 6.49. The molecule has 0 spiro atoms. The summed E-state index contributed by atoms with van der Waals surface area (Å²) in [5.41, 5.74) is 1.76. The van der Waals surface area contributed by atoms with Gasteiger partial charge in [-0.05, 0) is 23.3 Å². The van der Waals surface area contributed by atoms with Gasteiger partial charge in [0.25, 0.3) is 0 Å². The van der Waals surface area contributed by atoms with Crippen LogP contribution < -0.4 is 4.74 Å². The van der Waals surface area contributed by atoms with Crippen molar-refractivity contribution in [3.05, 3.63) is 65.7 Å². The Bertz CT molecular complexity index is 810. The van der Waals surface area contributed by atoms with Gasteiger partial charge in [0.1, 0.15) is 36.8 Å². The number of aliphatic hydroxyl groups excluding tert-OH is 2. The molecule has 1 aliphatic heterocycles. The van der Waals surface area contributed by atoms with Crippen LogP contribution in [0.3, 0.4) is 0 Å². The fraction of sp³-hybridized carbons (Fsp3) is 0.435. The van der Waals surface area contributed by atoms with Crippen molar-refractivity contribution in [2.24, 2.45) is 0 Å². The monoisotopic (exact) mass is 432 g/mol. The number of benzene rings is 2. The molecule has 0 radical (unpaired) electrons. The number of methoxy groups -OCH3 is 1. The molecule has 1 aliphatic rings. The van der Waals surface area contributed by atoms with Crippen LogP contribution in [0.4, 0.5) is 0 Å². The predicted molar refractivity (Wildman–Crippen MR) is 110 cm³/mol. The summed E-state index contributed by atoms with van der Waals surface area (Å²) in [4.78, 5) is 11.1. The molecule has 0 amide bonds. The van der Waals surface area contributed by atoms with Gasteiger partial charge in [-0.2, -0.15) is 0 Å². The number of esters is 1. The van der Waals surface area contributed by atoms with E-state index in [1.165, 1.54) is 6.92 Å². The Morgan fingerprint density at radius 1 is 0.935 bits per heavy atom. The van der Waals surface area contributed by atoms with Crippen LogP contribution in [0.2, 0.25) is 0 Å². The second kappa shape index (κ2) is 11.2. The molecule has 5 atom stereocenters. The van der Waals surface area contributed by atoms with Gasteiger partial charge < -0.3 is 33.9 Å². The maximum atomic E-state index is 11.1. The fourth-order valence-electron chi connectivity index (χ4n) is 3.29. The second-order valence-electron chi connectivity index (χ2n) is 7.24. The largest absolute Gasteiger partial charge is 0.497 e. The molecule has 1 saturated heterocycles. The summed E-state index contributed by atoms with van der Waals surface area (Å²) in [7, 11) is 1.59. The number of carbonyl (C=O) groups excluding carboxylic acids is 1. The van der Waals surface area contributed by atoms with Gasteiger partial charge in [-0.1, -0.05) is 42.5 Å². The molecule has 1 heterocycles. The second-order valence-corrected chi connectivity index (χ2v) is 7.24. The molecule has 0 bridgehead atoms. The van der Waals surface area contributed by atoms with E-state index < -0.39 is 36.7 Å². The molecule has 0 saturated carbocycles. The Hall–Kier alpha value is -2.49. The van der Waals surface area contributed by atoms with Crippen molar-refractivity contribution in [1.82, 2.24) is 0 Å². The molecule has 1 fully saturated rings. The Morgan fingerprint density at radius 2 is 1.55 bits per heavy atom. The first kappa shape index (κ1) is 23.2. The van der Waals surface area contributed by atoms with Gasteiger partial charge >= 0.3 is 5.97 Å². The van der Waals surface area contributed by atoms with E-state index in [1.54, 1.807) is 19.2 Å². The van der Waals surface area contributed by atoms with Gasteiger partial charge in [-0.15, -0.1) is 0 Å². The number of hydrogen-bond acceptors (Lipinski definition) is 8. The summed E-state index contributed by atoms with van der Waals surface area (Å²) in [5, 5.41) is 21.4. The zero-order chi connectivity index (χ0) is 22.2. The van der Waals surface area contributed by atoms with Gasteiger partial charge in [0.2, 0.25) is 0 Å². The molecule has 0 unspecified atom stereocenters. The Kier molecular flexibility index (Phi) is 8.39. The van der Waals surface area contributed by atoms with Gasteiger partial charge in [0, 0.05) is 6.92 Å². The lowest BCUT2D eigenvalue weighted by atomic mass is 9.98. The SMILES string of the molecule is COc1ccc(CO[C@H]2[C@H](OCc3ccccc3)[C@H](O)[C@H](COC(C)=O)O[C@@H]2O)cc1. The first-order valence-electron chi connectivity index (χ1n) is 10.0.